The molecule has 25 heavy (non-hydrogen) atoms. The van der Waals surface area contributed by atoms with Gasteiger partial charge in [0, 0.05) is 23.3 Å². The second-order valence-electron chi connectivity index (χ2n) is 6.43. The van der Waals surface area contributed by atoms with Gasteiger partial charge in [-0.1, -0.05) is 66.2 Å². The summed E-state index contributed by atoms with van der Waals surface area (Å²) in [5, 5.41) is 11.3. The number of carbonyl (C=O) groups is 1. The van der Waals surface area contributed by atoms with E-state index in [0.29, 0.717) is 12.2 Å². The van der Waals surface area contributed by atoms with Gasteiger partial charge in [-0.25, -0.2) is 4.79 Å². The summed E-state index contributed by atoms with van der Waals surface area (Å²) >= 11 is 0. The first-order chi connectivity index (χ1) is 12.1. The molecule has 1 atom stereocenters. The highest BCUT2D eigenvalue weighted by Gasteiger charge is 2.28. The first-order valence-corrected chi connectivity index (χ1v) is 8.31. The Labute approximate surface area is 146 Å². The van der Waals surface area contributed by atoms with Crippen molar-refractivity contribution in [3.63, 3.8) is 0 Å². The average Bonchev–Trinajstić information content (AvgIpc) is 2.60. The third-order valence-corrected chi connectivity index (χ3v) is 4.65. The Morgan fingerprint density at radius 3 is 2.76 bits per heavy atom. The van der Waals surface area contributed by atoms with Gasteiger partial charge < -0.3 is 9.84 Å². The van der Waals surface area contributed by atoms with Gasteiger partial charge in [0.2, 0.25) is 0 Å². The molecule has 4 rings (SSSR count). The minimum atomic E-state index is -0.985. The lowest BCUT2D eigenvalue weighted by Gasteiger charge is -2.29. The summed E-state index contributed by atoms with van der Waals surface area (Å²) in [6.45, 7) is 2.07. The molecule has 0 aliphatic carbocycles. The lowest BCUT2D eigenvalue weighted by molar-refractivity contribution is -0.131. The monoisotopic (exact) mass is 330 g/mol. The summed E-state index contributed by atoms with van der Waals surface area (Å²) < 4.78 is 6.02. The smallest absolute Gasteiger partial charge is 0.331 e. The van der Waals surface area contributed by atoms with Crippen molar-refractivity contribution in [3.05, 3.63) is 89.2 Å². The Kier molecular flexibility index (Phi) is 3.77. The van der Waals surface area contributed by atoms with Crippen LogP contribution in [-0.2, 0) is 4.79 Å². The second-order valence-corrected chi connectivity index (χ2v) is 6.43. The Balaban J connectivity index is 1.94. The second kappa shape index (κ2) is 6.10. The van der Waals surface area contributed by atoms with Crippen molar-refractivity contribution in [2.75, 3.05) is 0 Å². The average molecular weight is 330 g/mol. The predicted molar refractivity (Wildman–Crippen MR) is 97.9 cm³/mol. The van der Waals surface area contributed by atoms with E-state index in [9.17, 15) is 9.90 Å². The number of allylic oxidation sites excluding steroid dienone is 1. The highest BCUT2D eigenvalue weighted by Crippen LogP contribution is 2.45. The Hall–Kier alpha value is -3.07. The van der Waals surface area contributed by atoms with Crippen LogP contribution in [0, 0.1) is 6.92 Å². The zero-order chi connectivity index (χ0) is 17.4. The Morgan fingerprint density at radius 2 is 1.96 bits per heavy atom. The van der Waals surface area contributed by atoms with Crippen LogP contribution in [0.1, 0.15) is 29.0 Å². The number of fused-ring (bicyclic) bond motifs is 3. The molecule has 3 heteroatoms. The first-order valence-electron chi connectivity index (χ1n) is 8.31. The van der Waals surface area contributed by atoms with E-state index in [-0.39, 0.29) is 5.92 Å². The fourth-order valence-electron chi connectivity index (χ4n) is 3.54. The van der Waals surface area contributed by atoms with Gasteiger partial charge in [-0.3, -0.25) is 0 Å². The lowest BCUT2D eigenvalue weighted by Crippen LogP contribution is -2.15. The maximum absolute atomic E-state index is 11.2. The molecular formula is C22H18O3. The number of hydrogen-bond donors (Lipinski definition) is 1. The number of benzene rings is 3. The number of rotatable bonds is 2. The van der Waals surface area contributed by atoms with E-state index in [2.05, 4.69) is 37.3 Å². The number of ether oxygens (including phenoxy) is 1. The van der Waals surface area contributed by atoms with E-state index in [4.69, 9.17) is 4.74 Å². The van der Waals surface area contributed by atoms with Crippen molar-refractivity contribution in [3.8, 4) is 5.75 Å². The molecule has 0 saturated carbocycles. The fourth-order valence-corrected chi connectivity index (χ4v) is 3.54. The molecule has 0 fully saturated rings. The van der Waals surface area contributed by atoms with E-state index in [1.165, 1.54) is 17.2 Å². The number of aliphatic carboxylic acids is 1. The quantitative estimate of drug-likeness (QED) is 0.670. The maximum Gasteiger partial charge on any atom is 0.331 e. The third kappa shape index (κ3) is 2.89. The van der Waals surface area contributed by atoms with Crippen molar-refractivity contribution in [1.29, 1.82) is 0 Å². The van der Waals surface area contributed by atoms with E-state index in [1.54, 1.807) is 0 Å². The molecule has 0 amide bonds. The van der Waals surface area contributed by atoms with Gasteiger partial charge in [0.25, 0.3) is 0 Å². The van der Waals surface area contributed by atoms with Crippen LogP contribution in [0.25, 0.3) is 10.8 Å². The minimum Gasteiger partial charge on any atom is -0.478 e. The summed E-state index contributed by atoms with van der Waals surface area (Å²) in [6, 6.07) is 20.6. The number of carboxylic acid groups (broad SMARTS) is 1. The lowest BCUT2D eigenvalue weighted by atomic mass is 9.83. The largest absolute Gasteiger partial charge is 0.478 e. The summed E-state index contributed by atoms with van der Waals surface area (Å²) in [5.41, 5.74) is 3.47. The van der Waals surface area contributed by atoms with E-state index < -0.39 is 5.97 Å². The maximum atomic E-state index is 11.2. The van der Waals surface area contributed by atoms with Crippen molar-refractivity contribution >= 4 is 16.7 Å². The Morgan fingerprint density at radius 1 is 1.12 bits per heavy atom. The standard InChI is InChI=1S/C22H18O3/c1-14-5-4-7-16(11-14)20-12-17(13-21(23)24)25-22-18-8-3-2-6-15(18)9-10-19(20)22/h2-11,13,20H,12H2,1H3,(H,23,24). The molecule has 0 saturated heterocycles. The molecule has 1 aliphatic heterocycles. The molecule has 1 heterocycles. The highest BCUT2D eigenvalue weighted by atomic mass is 16.5. The van der Waals surface area contributed by atoms with Gasteiger partial charge in [-0.2, -0.15) is 0 Å². The number of carboxylic acids is 1. The molecule has 1 aliphatic rings. The number of aryl methyl sites for hydroxylation is 1. The molecule has 1 N–H and O–H groups in total. The minimum absolute atomic E-state index is 0.0823. The summed E-state index contributed by atoms with van der Waals surface area (Å²) in [7, 11) is 0. The van der Waals surface area contributed by atoms with Gasteiger partial charge in [0.1, 0.15) is 11.5 Å². The molecule has 3 aromatic rings. The topological polar surface area (TPSA) is 46.5 Å². The van der Waals surface area contributed by atoms with Crippen LogP contribution in [-0.4, -0.2) is 11.1 Å². The molecule has 124 valence electrons. The van der Waals surface area contributed by atoms with E-state index in [1.807, 2.05) is 30.3 Å². The molecular weight excluding hydrogens is 312 g/mol. The molecule has 1 unspecified atom stereocenters. The van der Waals surface area contributed by atoms with Gasteiger partial charge >= 0.3 is 5.97 Å². The molecule has 0 spiro atoms. The van der Waals surface area contributed by atoms with Gasteiger partial charge in [0.05, 0.1) is 6.08 Å². The van der Waals surface area contributed by atoms with Crippen LogP contribution in [0.5, 0.6) is 5.75 Å². The molecule has 3 nitrogen and oxygen atoms in total. The SMILES string of the molecule is Cc1cccc(C2CC(=CC(=O)O)Oc3c2ccc2ccccc32)c1. The highest BCUT2D eigenvalue weighted by molar-refractivity contribution is 5.90. The third-order valence-electron chi connectivity index (χ3n) is 4.65. The summed E-state index contributed by atoms with van der Waals surface area (Å²) in [4.78, 5) is 11.2. The van der Waals surface area contributed by atoms with Crippen molar-refractivity contribution in [1.82, 2.24) is 0 Å². The van der Waals surface area contributed by atoms with E-state index >= 15 is 0 Å². The van der Waals surface area contributed by atoms with Crippen molar-refractivity contribution in [2.45, 2.75) is 19.3 Å². The fraction of sp³-hybridized carbons (Fsp3) is 0.136. The molecule has 0 radical (unpaired) electrons. The van der Waals surface area contributed by atoms with Crippen LogP contribution in [0.2, 0.25) is 0 Å². The van der Waals surface area contributed by atoms with Gasteiger partial charge in [-0.05, 0) is 17.9 Å². The zero-order valence-electron chi connectivity index (χ0n) is 13.9. The summed E-state index contributed by atoms with van der Waals surface area (Å²) in [5.74, 6) is 0.353. The van der Waals surface area contributed by atoms with Gasteiger partial charge in [-0.15, -0.1) is 0 Å². The van der Waals surface area contributed by atoms with Crippen molar-refractivity contribution in [2.24, 2.45) is 0 Å². The normalized spacial score (nSPS) is 18.0. The predicted octanol–water partition coefficient (Wildman–Crippen LogP) is 5.03. The van der Waals surface area contributed by atoms with Crippen LogP contribution >= 0.6 is 0 Å². The Bertz CT molecular complexity index is 1000. The molecule has 0 bridgehead atoms. The zero-order valence-corrected chi connectivity index (χ0v) is 13.9. The van der Waals surface area contributed by atoms with Crippen LogP contribution < -0.4 is 4.74 Å². The van der Waals surface area contributed by atoms with Crippen LogP contribution in [0.3, 0.4) is 0 Å². The molecule has 0 aromatic heterocycles. The van der Waals surface area contributed by atoms with Crippen LogP contribution in [0.15, 0.2) is 72.5 Å². The number of hydrogen-bond acceptors (Lipinski definition) is 2. The van der Waals surface area contributed by atoms with Crippen LogP contribution in [0.4, 0.5) is 0 Å². The van der Waals surface area contributed by atoms with Crippen molar-refractivity contribution < 1.29 is 14.6 Å². The molecule has 3 aromatic carbocycles. The van der Waals surface area contributed by atoms with Gasteiger partial charge in [0.15, 0.2) is 0 Å². The summed E-state index contributed by atoms with van der Waals surface area (Å²) in [6.07, 6.45) is 1.72. The van der Waals surface area contributed by atoms with E-state index in [0.717, 1.165) is 22.1 Å². The first kappa shape index (κ1) is 15.5.